The molecular weight excluding hydrogens is 210 g/mol. The summed E-state index contributed by atoms with van der Waals surface area (Å²) in [6.07, 6.45) is 2.55. The van der Waals surface area contributed by atoms with Gasteiger partial charge in [-0.1, -0.05) is 17.9 Å². The third-order valence-corrected chi connectivity index (χ3v) is 3.37. The predicted molar refractivity (Wildman–Crippen MR) is 69.0 cm³/mol. The Morgan fingerprint density at radius 2 is 2.24 bits per heavy atom. The largest absolute Gasteiger partial charge is 0.375 e. The average Bonchev–Trinajstić information content (AvgIpc) is 3.16. The molecular formula is C15H17NO. The van der Waals surface area contributed by atoms with Crippen molar-refractivity contribution in [3.05, 3.63) is 29.3 Å². The summed E-state index contributed by atoms with van der Waals surface area (Å²) in [6, 6.07) is 6.36. The van der Waals surface area contributed by atoms with Gasteiger partial charge in [0.05, 0.1) is 13.2 Å². The lowest BCUT2D eigenvalue weighted by Crippen LogP contribution is -2.20. The van der Waals surface area contributed by atoms with Gasteiger partial charge in [-0.05, 0) is 25.0 Å². The molecule has 2 aliphatic rings. The summed E-state index contributed by atoms with van der Waals surface area (Å²) in [7, 11) is 2.12. The lowest BCUT2D eigenvalue weighted by molar-refractivity contribution is 0.132. The first-order chi connectivity index (χ1) is 8.34. The maximum atomic E-state index is 5.65. The van der Waals surface area contributed by atoms with E-state index in [0.717, 1.165) is 18.7 Å². The van der Waals surface area contributed by atoms with E-state index in [1.165, 1.54) is 24.1 Å². The molecule has 2 heteroatoms. The monoisotopic (exact) mass is 227 g/mol. The van der Waals surface area contributed by atoms with Crippen molar-refractivity contribution in [2.45, 2.75) is 19.4 Å². The van der Waals surface area contributed by atoms with E-state index in [2.05, 4.69) is 42.0 Å². The Bertz CT molecular complexity index is 479. The number of hydrogen-bond donors (Lipinski definition) is 0. The summed E-state index contributed by atoms with van der Waals surface area (Å²) >= 11 is 0. The third kappa shape index (κ3) is 2.30. The van der Waals surface area contributed by atoms with Crippen LogP contribution in [0.15, 0.2) is 18.2 Å². The fourth-order valence-corrected chi connectivity index (χ4v) is 2.10. The highest BCUT2D eigenvalue weighted by Crippen LogP contribution is 2.29. The maximum absolute atomic E-state index is 5.65. The minimum atomic E-state index is 0.648. The third-order valence-electron chi connectivity index (χ3n) is 3.37. The van der Waals surface area contributed by atoms with Crippen LogP contribution in [0.4, 0.5) is 5.69 Å². The molecule has 1 aliphatic carbocycles. The molecule has 1 saturated carbocycles. The van der Waals surface area contributed by atoms with Crippen LogP contribution in [0.3, 0.4) is 0 Å². The second kappa shape index (κ2) is 4.43. The van der Waals surface area contributed by atoms with Crippen molar-refractivity contribution in [1.29, 1.82) is 0 Å². The molecule has 2 nitrogen and oxygen atoms in total. The van der Waals surface area contributed by atoms with Crippen LogP contribution >= 0.6 is 0 Å². The van der Waals surface area contributed by atoms with Crippen molar-refractivity contribution in [3.63, 3.8) is 0 Å². The van der Waals surface area contributed by atoms with Crippen LogP contribution in [0.2, 0.25) is 0 Å². The number of nitrogens with zero attached hydrogens (tertiary/aromatic N) is 1. The Morgan fingerprint density at radius 3 is 3.06 bits per heavy atom. The van der Waals surface area contributed by atoms with Gasteiger partial charge in [0.25, 0.3) is 0 Å². The van der Waals surface area contributed by atoms with Gasteiger partial charge in [0.15, 0.2) is 0 Å². The number of fused-ring (bicyclic) bond motifs is 1. The molecule has 0 radical (unpaired) electrons. The quantitative estimate of drug-likeness (QED) is 0.631. The van der Waals surface area contributed by atoms with Crippen LogP contribution in [0.25, 0.3) is 0 Å². The molecule has 1 aromatic rings. The van der Waals surface area contributed by atoms with Gasteiger partial charge < -0.3 is 9.64 Å². The summed E-state index contributed by atoms with van der Waals surface area (Å²) in [6.45, 7) is 2.43. The molecule has 88 valence electrons. The van der Waals surface area contributed by atoms with Crippen molar-refractivity contribution in [2.75, 3.05) is 25.1 Å². The second-order valence-electron chi connectivity index (χ2n) is 4.82. The van der Waals surface area contributed by atoms with E-state index >= 15 is 0 Å². The molecule has 0 bridgehead atoms. The highest BCUT2D eigenvalue weighted by atomic mass is 16.5. The number of benzene rings is 1. The zero-order valence-electron chi connectivity index (χ0n) is 10.2. The maximum Gasteiger partial charge on any atom is 0.0750 e. The van der Waals surface area contributed by atoms with Crippen molar-refractivity contribution >= 4 is 5.69 Å². The SMILES string of the molecule is CN1CCOCc2c(C#CC3CC3)cccc21. The first-order valence-electron chi connectivity index (χ1n) is 6.27. The Labute approximate surface area is 103 Å². The average molecular weight is 227 g/mol. The zero-order valence-corrected chi connectivity index (χ0v) is 10.2. The minimum absolute atomic E-state index is 0.648. The fraction of sp³-hybridized carbons (Fsp3) is 0.467. The van der Waals surface area contributed by atoms with E-state index < -0.39 is 0 Å². The van der Waals surface area contributed by atoms with Crippen molar-refractivity contribution in [1.82, 2.24) is 0 Å². The van der Waals surface area contributed by atoms with Crippen molar-refractivity contribution in [3.8, 4) is 11.8 Å². The number of rotatable bonds is 0. The van der Waals surface area contributed by atoms with E-state index in [0.29, 0.717) is 12.5 Å². The summed E-state index contributed by atoms with van der Waals surface area (Å²) in [5.74, 6) is 7.31. The standard InChI is InChI=1S/C15H17NO/c1-16-9-10-17-11-14-13(3-2-4-15(14)16)8-7-12-5-6-12/h2-4,12H,5-6,9-11H2,1H3. The predicted octanol–water partition coefficient (Wildman–Crippen LogP) is 2.41. The highest BCUT2D eigenvalue weighted by Gasteiger charge is 2.18. The van der Waals surface area contributed by atoms with Crippen LogP contribution in [-0.4, -0.2) is 20.2 Å². The van der Waals surface area contributed by atoms with Gasteiger partial charge >= 0.3 is 0 Å². The topological polar surface area (TPSA) is 12.5 Å². The van der Waals surface area contributed by atoms with Gasteiger partial charge in [0.2, 0.25) is 0 Å². The molecule has 3 rings (SSSR count). The number of ether oxygens (including phenoxy) is 1. The Kier molecular flexibility index (Phi) is 2.78. The first-order valence-corrected chi connectivity index (χ1v) is 6.27. The van der Waals surface area contributed by atoms with Gasteiger partial charge in [0, 0.05) is 36.3 Å². The van der Waals surface area contributed by atoms with Crippen LogP contribution in [0.1, 0.15) is 24.0 Å². The van der Waals surface area contributed by atoms with Gasteiger partial charge in [0.1, 0.15) is 0 Å². The molecule has 0 unspecified atom stereocenters. The van der Waals surface area contributed by atoms with Gasteiger partial charge in [-0.15, -0.1) is 0 Å². The summed E-state index contributed by atoms with van der Waals surface area (Å²) < 4.78 is 5.65. The van der Waals surface area contributed by atoms with Crippen LogP contribution in [0, 0.1) is 17.8 Å². The molecule has 1 aromatic carbocycles. The Hall–Kier alpha value is -1.46. The molecule has 0 saturated heterocycles. The number of hydrogen-bond acceptors (Lipinski definition) is 2. The summed E-state index contributed by atoms with van der Waals surface area (Å²) in [5.41, 5.74) is 3.66. The lowest BCUT2D eigenvalue weighted by Gasteiger charge is -2.18. The Morgan fingerprint density at radius 1 is 1.35 bits per heavy atom. The molecule has 0 atom stereocenters. The van der Waals surface area contributed by atoms with Crippen molar-refractivity contribution < 1.29 is 4.74 Å². The highest BCUT2D eigenvalue weighted by molar-refractivity contribution is 5.60. The van der Waals surface area contributed by atoms with Crippen LogP contribution < -0.4 is 4.90 Å². The van der Waals surface area contributed by atoms with Gasteiger partial charge in [-0.3, -0.25) is 0 Å². The molecule has 0 N–H and O–H groups in total. The minimum Gasteiger partial charge on any atom is -0.375 e. The van der Waals surface area contributed by atoms with Crippen LogP contribution in [-0.2, 0) is 11.3 Å². The molecule has 0 spiro atoms. The second-order valence-corrected chi connectivity index (χ2v) is 4.82. The zero-order chi connectivity index (χ0) is 11.7. The molecule has 1 aliphatic heterocycles. The summed E-state index contributed by atoms with van der Waals surface area (Å²) in [4.78, 5) is 2.25. The summed E-state index contributed by atoms with van der Waals surface area (Å²) in [5, 5.41) is 0. The number of likely N-dealkylation sites (N-methyl/N-ethyl adjacent to an activating group) is 1. The number of anilines is 1. The first kappa shape index (κ1) is 10.7. The fourth-order valence-electron chi connectivity index (χ4n) is 2.10. The van der Waals surface area contributed by atoms with Gasteiger partial charge in [-0.2, -0.15) is 0 Å². The van der Waals surface area contributed by atoms with E-state index in [1.54, 1.807) is 0 Å². The van der Waals surface area contributed by atoms with Crippen LogP contribution in [0.5, 0.6) is 0 Å². The molecule has 0 amide bonds. The normalized spacial score (nSPS) is 19.0. The van der Waals surface area contributed by atoms with E-state index in [1.807, 2.05) is 0 Å². The Balaban J connectivity index is 1.99. The van der Waals surface area contributed by atoms with E-state index in [9.17, 15) is 0 Å². The van der Waals surface area contributed by atoms with Crippen molar-refractivity contribution in [2.24, 2.45) is 5.92 Å². The molecule has 17 heavy (non-hydrogen) atoms. The molecule has 1 heterocycles. The lowest BCUT2D eigenvalue weighted by atomic mass is 10.1. The van der Waals surface area contributed by atoms with Gasteiger partial charge in [-0.25, -0.2) is 0 Å². The van der Waals surface area contributed by atoms with E-state index in [-0.39, 0.29) is 0 Å². The molecule has 0 aromatic heterocycles. The molecule has 1 fully saturated rings. The van der Waals surface area contributed by atoms with E-state index in [4.69, 9.17) is 4.74 Å². The smallest absolute Gasteiger partial charge is 0.0750 e.